The molecular weight excluding hydrogens is 348 g/mol. The van der Waals surface area contributed by atoms with Crippen LogP contribution < -0.4 is 0 Å². The van der Waals surface area contributed by atoms with Crippen LogP contribution in [-0.2, 0) is 16.0 Å². The average Bonchev–Trinajstić information content (AvgIpc) is 3.33. The Morgan fingerprint density at radius 2 is 1.89 bits per heavy atom. The molecule has 0 radical (unpaired) electrons. The van der Waals surface area contributed by atoms with E-state index >= 15 is 0 Å². The number of piperidine rings is 1. The standard InChI is InChI=1S/C24H26N2O2/c1-2-20-18(13-19-12-17-10-6-7-11-21(17)25-19)14-23(27)26-22(15-28-24(20)26)16-8-4-3-5-9-16/h3-12,18,20,22,24-25H,2,13-15H2,1H3/t18-,20-,22-,24+/m0/s1. The van der Waals surface area contributed by atoms with Crippen LogP contribution in [0.2, 0.25) is 0 Å². The molecule has 2 aromatic carbocycles. The molecule has 1 aromatic heterocycles. The van der Waals surface area contributed by atoms with E-state index in [-0.39, 0.29) is 18.2 Å². The summed E-state index contributed by atoms with van der Waals surface area (Å²) in [6.45, 7) is 2.81. The molecule has 4 heteroatoms. The van der Waals surface area contributed by atoms with Crippen LogP contribution in [0.3, 0.4) is 0 Å². The van der Waals surface area contributed by atoms with Crippen LogP contribution in [0.5, 0.6) is 0 Å². The van der Waals surface area contributed by atoms with Gasteiger partial charge in [-0.15, -0.1) is 0 Å². The minimum absolute atomic E-state index is 0.0433. The summed E-state index contributed by atoms with van der Waals surface area (Å²) in [5, 5.41) is 1.23. The average molecular weight is 374 g/mol. The maximum atomic E-state index is 13.1. The number of carbonyl (C=O) groups is 1. The van der Waals surface area contributed by atoms with Crippen molar-refractivity contribution >= 4 is 16.8 Å². The molecule has 4 atom stereocenters. The van der Waals surface area contributed by atoms with Crippen LogP contribution in [0.4, 0.5) is 0 Å². The molecule has 1 amide bonds. The van der Waals surface area contributed by atoms with Crippen LogP contribution >= 0.6 is 0 Å². The quantitative estimate of drug-likeness (QED) is 0.720. The van der Waals surface area contributed by atoms with Crippen LogP contribution in [-0.4, -0.2) is 28.6 Å². The molecule has 2 fully saturated rings. The van der Waals surface area contributed by atoms with Gasteiger partial charge in [0.25, 0.3) is 0 Å². The van der Waals surface area contributed by atoms with Gasteiger partial charge in [0, 0.05) is 23.5 Å². The lowest BCUT2D eigenvalue weighted by Gasteiger charge is -2.42. The molecule has 3 aromatic rings. The number of hydrogen-bond donors (Lipinski definition) is 1. The Morgan fingerprint density at radius 1 is 1.11 bits per heavy atom. The SMILES string of the molecule is CC[C@H]1[C@@H](Cc2cc3ccccc3[nH]2)CC(=O)N2[C@@H]1OC[C@H]2c1ccccc1. The Kier molecular flexibility index (Phi) is 4.44. The second-order valence-electron chi connectivity index (χ2n) is 8.07. The topological polar surface area (TPSA) is 45.3 Å². The van der Waals surface area contributed by atoms with Gasteiger partial charge in [-0.1, -0.05) is 55.5 Å². The predicted octanol–water partition coefficient (Wildman–Crippen LogP) is 4.68. The third-order valence-corrected chi connectivity index (χ3v) is 6.45. The number of aromatic amines is 1. The van der Waals surface area contributed by atoms with Gasteiger partial charge in [0.2, 0.25) is 5.91 Å². The van der Waals surface area contributed by atoms with E-state index in [4.69, 9.17) is 4.74 Å². The zero-order valence-corrected chi connectivity index (χ0v) is 16.2. The third kappa shape index (κ3) is 2.92. The van der Waals surface area contributed by atoms with Gasteiger partial charge in [-0.25, -0.2) is 0 Å². The van der Waals surface area contributed by atoms with E-state index in [2.05, 4.69) is 54.4 Å². The number of H-pyrrole nitrogens is 1. The molecule has 3 heterocycles. The molecular formula is C24H26N2O2. The van der Waals surface area contributed by atoms with Crippen molar-refractivity contribution in [3.63, 3.8) is 0 Å². The summed E-state index contributed by atoms with van der Waals surface area (Å²) >= 11 is 0. The number of hydrogen-bond acceptors (Lipinski definition) is 2. The predicted molar refractivity (Wildman–Crippen MR) is 110 cm³/mol. The van der Waals surface area contributed by atoms with E-state index in [9.17, 15) is 4.79 Å². The normalized spacial score (nSPS) is 27.3. The Balaban J connectivity index is 1.40. The molecule has 0 bridgehead atoms. The Hall–Kier alpha value is -2.59. The van der Waals surface area contributed by atoms with Gasteiger partial charge >= 0.3 is 0 Å². The van der Waals surface area contributed by atoms with Gasteiger partial charge in [-0.2, -0.15) is 0 Å². The summed E-state index contributed by atoms with van der Waals surface area (Å²) in [5.41, 5.74) is 3.54. The van der Waals surface area contributed by atoms with Gasteiger partial charge in [-0.3, -0.25) is 4.79 Å². The largest absolute Gasteiger partial charge is 0.358 e. The van der Waals surface area contributed by atoms with Crippen LogP contribution in [0.25, 0.3) is 10.9 Å². The Labute approximate surface area is 165 Å². The third-order valence-electron chi connectivity index (χ3n) is 6.45. The number of ether oxygens (including phenoxy) is 1. The van der Waals surface area contributed by atoms with Crippen molar-refractivity contribution in [3.05, 3.63) is 71.9 Å². The second-order valence-corrected chi connectivity index (χ2v) is 8.07. The van der Waals surface area contributed by atoms with E-state index in [0.29, 0.717) is 24.9 Å². The molecule has 0 unspecified atom stereocenters. The van der Waals surface area contributed by atoms with Gasteiger partial charge in [-0.05, 0) is 41.8 Å². The molecule has 0 spiro atoms. The second kappa shape index (κ2) is 7.10. The van der Waals surface area contributed by atoms with E-state index < -0.39 is 0 Å². The highest BCUT2D eigenvalue weighted by Gasteiger charge is 2.48. The number of benzene rings is 2. The molecule has 2 aliphatic rings. The van der Waals surface area contributed by atoms with Crippen molar-refractivity contribution in [1.29, 1.82) is 0 Å². The first-order valence-corrected chi connectivity index (χ1v) is 10.3. The molecule has 2 aliphatic heterocycles. The van der Waals surface area contributed by atoms with Gasteiger partial charge in [0.15, 0.2) is 0 Å². The number of fused-ring (bicyclic) bond motifs is 2. The van der Waals surface area contributed by atoms with E-state index in [0.717, 1.165) is 18.4 Å². The number of nitrogens with one attached hydrogen (secondary N) is 1. The summed E-state index contributed by atoms with van der Waals surface area (Å²) < 4.78 is 6.22. The number of nitrogens with zero attached hydrogens (tertiary/aromatic N) is 1. The van der Waals surface area contributed by atoms with Gasteiger partial charge < -0.3 is 14.6 Å². The Morgan fingerprint density at radius 3 is 2.68 bits per heavy atom. The summed E-state index contributed by atoms with van der Waals surface area (Å²) in [7, 11) is 0. The lowest BCUT2D eigenvalue weighted by Crippen LogP contribution is -2.50. The molecule has 4 nitrogen and oxygen atoms in total. The van der Waals surface area contributed by atoms with Crippen molar-refractivity contribution in [2.75, 3.05) is 6.61 Å². The molecule has 144 valence electrons. The minimum Gasteiger partial charge on any atom is -0.358 e. The van der Waals surface area contributed by atoms with Crippen molar-refractivity contribution in [2.45, 2.75) is 38.5 Å². The highest BCUT2D eigenvalue weighted by atomic mass is 16.5. The minimum atomic E-state index is -0.106. The summed E-state index contributed by atoms with van der Waals surface area (Å²) in [5.74, 6) is 0.890. The zero-order chi connectivity index (χ0) is 19.1. The number of rotatable bonds is 4. The fraction of sp³-hybridized carbons (Fsp3) is 0.375. The molecule has 1 N–H and O–H groups in total. The first-order chi connectivity index (χ1) is 13.7. The number of aromatic nitrogens is 1. The number of carbonyl (C=O) groups excluding carboxylic acids is 1. The van der Waals surface area contributed by atoms with Crippen molar-refractivity contribution in [1.82, 2.24) is 9.88 Å². The lowest BCUT2D eigenvalue weighted by molar-refractivity contribution is -0.152. The monoisotopic (exact) mass is 374 g/mol. The lowest BCUT2D eigenvalue weighted by atomic mass is 9.79. The highest BCUT2D eigenvalue weighted by molar-refractivity contribution is 5.80. The number of para-hydroxylation sites is 1. The van der Waals surface area contributed by atoms with Crippen LogP contribution in [0.15, 0.2) is 60.7 Å². The molecule has 5 rings (SSSR count). The number of amides is 1. The highest BCUT2D eigenvalue weighted by Crippen LogP contribution is 2.43. The first-order valence-electron chi connectivity index (χ1n) is 10.3. The van der Waals surface area contributed by atoms with Gasteiger partial charge in [0.1, 0.15) is 6.23 Å². The Bertz CT molecular complexity index is 947. The van der Waals surface area contributed by atoms with E-state index in [1.54, 1.807) is 0 Å². The molecule has 0 aliphatic carbocycles. The molecule has 28 heavy (non-hydrogen) atoms. The van der Waals surface area contributed by atoms with E-state index in [1.807, 2.05) is 23.1 Å². The molecule has 0 saturated carbocycles. The fourth-order valence-electron chi connectivity index (χ4n) is 5.10. The van der Waals surface area contributed by atoms with E-state index in [1.165, 1.54) is 16.6 Å². The van der Waals surface area contributed by atoms with Crippen LogP contribution in [0.1, 0.15) is 37.1 Å². The fourth-order valence-corrected chi connectivity index (χ4v) is 5.10. The first kappa shape index (κ1) is 17.5. The molecule has 2 saturated heterocycles. The summed E-state index contributed by atoms with van der Waals surface area (Å²) in [4.78, 5) is 18.7. The zero-order valence-electron chi connectivity index (χ0n) is 16.2. The maximum Gasteiger partial charge on any atom is 0.225 e. The summed E-state index contributed by atoms with van der Waals surface area (Å²) in [6, 6.07) is 20.9. The smallest absolute Gasteiger partial charge is 0.225 e. The van der Waals surface area contributed by atoms with Gasteiger partial charge in [0.05, 0.1) is 12.6 Å². The van der Waals surface area contributed by atoms with Crippen molar-refractivity contribution in [3.8, 4) is 0 Å². The van der Waals surface area contributed by atoms with Crippen molar-refractivity contribution in [2.24, 2.45) is 11.8 Å². The van der Waals surface area contributed by atoms with Crippen molar-refractivity contribution < 1.29 is 9.53 Å². The van der Waals surface area contributed by atoms with Crippen LogP contribution in [0, 0.1) is 11.8 Å². The maximum absolute atomic E-state index is 13.1. The summed E-state index contributed by atoms with van der Waals surface area (Å²) in [6.07, 6.45) is 2.39.